The van der Waals surface area contributed by atoms with Crippen LogP contribution in [0.15, 0.2) is 94.2 Å². The molecule has 0 bridgehead atoms. The molecule has 0 aliphatic carbocycles. The Morgan fingerprint density at radius 1 is 0.391 bits per heavy atom. The molecular weight excluding hydrogens is 1760 g/mol. The lowest BCUT2D eigenvalue weighted by Crippen LogP contribution is -2.44. The maximum Gasteiger partial charge on any atom is 0.319 e. The van der Waals surface area contributed by atoms with E-state index in [2.05, 4.69) is 146 Å². The highest BCUT2D eigenvalue weighted by Crippen LogP contribution is 2.25. The number of nitrogens with zero attached hydrogens (tertiary/aromatic N) is 12. The van der Waals surface area contributed by atoms with Crippen molar-refractivity contribution in [3.63, 3.8) is 0 Å². The van der Waals surface area contributed by atoms with Crippen LogP contribution in [0.5, 0.6) is 0 Å². The van der Waals surface area contributed by atoms with Crippen molar-refractivity contribution in [3.05, 3.63) is 142 Å². The molecule has 0 saturated carbocycles. The Labute approximate surface area is 806 Å². The van der Waals surface area contributed by atoms with E-state index in [0.717, 1.165) is 104 Å². The zero-order chi connectivity index (χ0) is 101. The SMILES string of the molecule is CC(C)CNCC(C)C.COC(=O)C(Cc1cc(C)nn1C)C(=O)N(CC(C)C)CC(C)C.COC(=O)CC(=O)Cl.COC(=O)CC(=O)N(CC(C)C)CC(C)C.Cc1cc(CC(C(=O)O)C(=O)N(CC(C)C)CC(C)C)n(C)n1.Cc1cc(CC(C(=O)OCc2ccc3occc3c2)C(=O)N(CC(C)C)CC(C)C)n(C)n1.Cc1cc(CCl)n(C)n1.ClCc1ccc2occc2c1. The predicted octanol–water partition coefficient (Wildman–Crippen LogP) is 17.4. The number of aryl methyl sites for hydroxylation is 8. The van der Waals surface area contributed by atoms with Gasteiger partial charge in [-0.25, -0.2) is 0 Å². The second kappa shape index (κ2) is 63.4. The van der Waals surface area contributed by atoms with E-state index in [1.54, 1.807) is 53.0 Å². The van der Waals surface area contributed by atoms with Crippen LogP contribution in [-0.2, 0) is 133 Å². The molecule has 0 spiro atoms. The first-order chi connectivity index (χ1) is 62.2. The number of methoxy groups -OCH3 is 3. The lowest BCUT2D eigenvalue weighted by Gasteiger charge is -2.29. The molecule has 2 aromatic carbocycles. The molecule has 133 heavy (non-hydrogen) atoms. The molecule has 8 rings (SSSR count). The number of rotatable bonds is 40. The van der Waals surface area contributed by atoms with Crippen molar-refractivity contribution < 1.29 is 80.8 Å². The number of esters is 4. The highest BCUT2D eigenvalue weighted by atomic mass is 35.5. The van der Waals surface area contributed by atoms with E-state index >= 15 is 0 Å². The van der Waals surface area contributed by atoms with Crippen molar-refractivity contribution in [3.8, 4) is 0 Å². The van der Waals surface area contributed by atoms with Crippen LogP contribution in [-0.4, -0.2) is 209 Å². The predicted molar refractivity (Wildman–Crippen MR) is 526 cm³/mol. The lowest BCUT2D eigenvalue weighted by molar-refractivity contribution is -0.158. The van der Waals surface area contributed by atoms with Gasteiger partial charge in [-0.05, 0) is 183 Å². The van der Waals surface area contributed by atoms with Gasteiger partial charge in [0.1, 0.15) is 48.4 Å². The summed E-state index contributed by atoms with van der Waals surface area (Å²) in [6.07, 6.45) is 3.52. The van der Waals surface area contributed by atoms with E-state index < -0.39 is 52.8 Å². The standard InChI is InChI=1S/C26H35N3O4.C18H31N3O3.C17H29N3O3.C12H23NO3.C9H7ClO.C8H19N.C6H9ClN2.C4H5ClO3/c1-17(2)14-29(15-18(3)4)25(30)23(13-22-11-19(5)27-28(22)6)26(31)33-16-20-7-8-24-21(12-20)9-10-32-24;1-12(2)10-21(11-13(3)4)17(22)16(18(23)24-7)9-15-8-14(5)19-20(15)6;1-11(2)9-20(10-12(3)4)16(21)15(17(22)23)8-14-7-13(5)18-19(14)6;1-9(2)7-13(8-10(3)4)11(14)6-12(15)16-5;10-6-7-1-2-9-8(5-7)3-4-11-9;1-7(2)5-9-6-8(3)4;1-5-3-6(4-7)9(2)8-5;1-8-4(7)2-3(5)6/h7-12,17-18,23H,13-16H2,1-6H3;8,12-13,16H,9-11H2,1-7H3;7,11-12,15H,8-10H2,1-6H3,(H,22,23);9-10H,6-8H2,1-5H3;1-5H,6H2;7-9H,5-6H2,1-4H3;3H,4H2,1-2H3;2H2,1H3. The number of hydrogen-bond acceptors (Lipinski definition) is 21. The summed E-state index contributed by atoms with van der Waals surface area (Å²) in [5, 5.41) is 31.3. The number of aromatic nitrogens is 8. The summed E-state index contributed by atoms with van der Waals surface area (Å²) < 4.78 is 36.6. The minimum atomic E-state index is -1.08. The van der Waals surface area contributed by atoms with Crippen LogP contribution in [0.25, 0.3) is 21.9 Å². The molecule has 3 unspecified atom stereocenters. The van der Waals surface area contributed by atoms with E-state index in [1.165, 1.54) is 21.3 Å². The minimum absolute atomic E-state index is 0.0997. The second-order valence-electron chi connectivity index (χ2n) is 37.7. The van der Waals surface area contributed by atoms with Crippen molar-refractivity contribution in [1.82, 2.24) is 64.0 Å². The first-order valence-electron chi connectivity index (χ1n) is 45.9. The number of carbonyl (C=O) groups is 10. The van der Waals surface area contributed by atoms with E-state index in [1.807, 2.05) is 154 Å². The number of benzene rings is 2. The fourth-order valence-electron chi connectivity index (χ4n) is 13.8. The molecule has 0 aliphatic rings. The third-order valence-corrected chi connectivity index (χ3v) is 20.1. The first kappa shape index (κ1) is 121. The molecule has 8 aromatic rings. The summed E-state index contributed by atoms with van der Waals surface area (Å²) in [5.74, 6) is -1.45. The minimum Gasteiger partial charge on any atom is -0.481 e. The molecular formula is C100H158Cl3N13O17. The molecule has 33 heteroatoms. The summed E-state index contributed by atoms with van der Waals surface area (Å²) >= 11 is 16.1. The maximum atomic E-state index is 13.6. The van der Waals surface area contributed by atoms with Gasteiger partial charge in [0.15, 0.2) is 0 Å². The first-order valence-corrected chi connectivity index (χ1v) is 47.3. The zero-order valence-corrected chi connectivity index (χ0v) is 87.6. The van der Waals surface area contributed by atoms with Crippen LogP contribution < -0.4 is 5.32 Å². The molecule has 0 fully saturated rings. The molecule has 746 valence electrons. The summed E-state index contributed by atoms with van der Waals surface area (Å²) in [6.45, 7) is 56.8. The Morgan fingerprint density at radius 3 is 0.977 bits per heavy atom. The number of carboxylic acid groups (broad SMARTS) is 1. The highest BCUT2D eigenvalue weighted by Gasteiger charge is 2.37. The average molecular weight is 1920 g/mol. The summed E-state index contributed by atoms with van der Waals surface area (Å²) in [5.41, 5.74) is 10.7. The van der Waals surface area contributed by atoms with Gasteiger partial charge >= 0.3 is 29.8 Å². The Kier molecular flexibility index (Phi) is 57.7. The molecule has 0 aliphatic heterocycles. The van der Waals surface area contributed by atoms with Gasteiger partial charge in [-0.15, -0.1) is 23.2 Å². The van der Waals surface area contributed by atoms with Crippen molar-refractivity contribution in [2.24, 2.45) is 105 Å². The van der Waals surface area contributed by atoms with Gasteiger partial charge in [-0.2, -0.15) is 20.4 Å². The normalized spacial score (nSPS) is 11.7. The van der Waals surface area contributed by atoms with E-state index in [9.17, 15) is 53.1 Å². The monoisotopic (exact) mass is 1920 g/mol. The number of fused-ring (bicyclic) bond motifs is 2. The van der Waals surface area contributed by atoms with Crippen LogP contribution in [0.3, 0.4) is 0 Å². The number of halogens is 3. The second-order valence-corrected chi connectivity index (χ2v) is 38.6. The average Bonchev–Trinajstić information content (AvgIpc) is 1.80. The molecule has 0 radical (unpaired) electrons. The topological polar surface area (TPSA) is 350 Å². The zero-order valence-electron chi connectivity index (χ0n) is 85.3. The van der Waals surface area contributed by atoms with Crippen LogP contribution in [0.2, 0.25) is 0 Å². The fraction of sp³-hybridized carbons (Fsp3) is 0.620. The Balaban J connectivity index is 0.000000797. The van der Waals surface area contributed by atoms with Gasteiger partial charge in [0.2, 0.25) is 28.9 Å². The van der Waals surface area contributed by atoms with Crippen LogP contribution in [0.1, 0.15) is 208 Å². The van der Waals surface area contributed by atoms with Gasteiger partial charge in [-0.3, -0.25) is 66.7 Å². The Bertz CT molecular complexity index is 4750. The number of furan rings is 2. The number of ether oxygens (including phenoxy) is 4. The van der Waals surface area contributed by atoms with Crippen molar-refractivity contribution in [2.75, 3.05) is 86.8 Å². The molecule has 3 atom stereocenters. The van der Waals surface area contributed by atoms with E-state index in [0.29, 0.717) is 118 Å². The van der Waals surface area contributed by atoms with Gasteiger partial charge in [0, 0.05) is 134 Å². The lowest BCUT2D eigenvalue weighted by atomic mass is 9.99. The smallest absolute Gasteiger partial charge is 0.319 e. The number of amides is 4. The number of aliphatic carboxylic acids is 1. The largest absolute Gasteiger partial charge is 0.481 e. The molecule has 6 aromatic heterocycles. The van der Waals surface area contributed by atoms with Crippen molar-refractivity contribution >= 4 is 115 Å². The Morgan fingerprint density at radius 2 is 0.699 bits per heavy atom. The van der Waals surface area contributed by atoms with Gasteiger partial charge in [0.25, 0.3) is 0 Å². The van der Waals surface area contributed by atoms with Crippen molar-refractivity contribution in [1.29, 1.82) is 0 Å². The van der Waals surface area contributed by atoms with Crippen LogP contribution in [0, 0.1) is 105 Å². The van der Waals surface area contributed by atoms with Gasteiger partial charge < -0.3 is 57.8 Å². The molecule has 6 heterocycles. The third kappa shape index (κ3) is 49.2. The molecule has 2 N–H and O–H groups in total. The van der Waals surface area contributed by atoms with Crippen molar-refractivity contribution in [2.45, 2.75) is 217 Å². The number of hydrogen-bond donors (Lipinski definition) is 2. The van der Waals surface area contributed by atoms with Gasteiger partial charge in [-0.1, -0.05) is 151 Å². The fourth-order valence-corrected chi connectivity index (χ4v) is 14.3. The number of carbonyl (C=O) groups excluding carboxylic acids is 9. The quantitative estimate of drug-likeness (QED) is 0.0118. The summed E-state index contributed by atoms with van der Waals surface area (Å²) in [6, 6.07) is 23.0. The number of alkyl halides is 2. The van der Waals surface area contributed by atoms with E-state index in [4.69, 9.17) is 53.1 Å². The van der Waals surface area contributed by atoms with Crippen LogP contribution in [0.4, 0.5) is 0 Å². The molecule has 4 amide bonds. The number of nitrogens with one attached hydrogen (secondary N) is 1. The molecule has 0 saturated heterocycles. The summed E-state index contributed by atoms with van der Waals surface area (Å²) in [4.78, 5) is 126. The third-order valence-electron chi connectivity index (χ3n) is 19.4. The van der Waals surface area contributed by atoms with Crippen LogP contribution >= 0.6 is 34.8 Å². The summed E-state index contributed by atoms with van der Waals surface area (Å²) in [7, 11) is 11.1. The van der Waals surface area contributed by atoms with Gasteiger partial charge in [0.05, 0.1) is 68.2 Å². The maximum absolute atomic E-state index is 13.6. The Hall–Kier alpha value is -9.91. The number of carboxylic acids is 1. The highest BCUT2D eigenvalue weighted by molar-refractivity contribution is 6.64. The molecule has 30 nitrogen and oxygen atoms in total. The van der Waals surface area contributed by atoms with E-state index in [-0.39, 0.29) is 55.9 Å².